The van der Waals surface area contributed by atoms with Crippen LogP contribution in [0, 0.1) is 0 Å². The normalized spacial score (nSPS) is 32.5. The van der Waals surface area contributed by atoms with Gasteiger partial charge in [-0.1, -0.05) is 0 Å². The molecule has 2 aliphatic heterocycles. The van der Waals surface area contributed by atoms with Gasteiger partial charge in [-0.15, -0.1) is 0 Å². The number of rotatable bonds is 4. The maximum absolute atomic E-state index is 14.6. The summed E-state index contributed by atoms with van der Waals surface area (Å²) in [4.78, 5) is 2.29. The molecule has 18 heavy (non-hydrogen) atoms. The SMILES string of the molecule is CC(C)(C)OC[C@](C)(F)CN1C2CCC1COC2. The van der Waals surface area contributed by atoms with Crippen LogP contribution in [0.3, 0.4) is 0 Å². The van der Waals surface area contributed by atoms with E-state index in [0.29, 0.717) is 18.6 Å². The van der Waals surface area contributed by atoms with Crippen LogP contribution in [0.4, 0.5) is 4.39 Å². The highest BCUT2D eigenvalue weighted by Crippen LogP contribution is 2.31. The second-order valence-electron chi connectivity index (χ2n) is 6.91. The van der Waals surface area contributed by atoms with Gasteiger partial charge in [0.1, 0.15) is 5.67 Å². The van der Waals surface area contributed by atoms with Crippen LogP contribution in [0.15, 0.2) is 0 Å². The lowest BCUT2D eigenvalue weighted by atomic mass is 10.1. The first kappa shape index (κ1) is 14.2. The molecule has 3 atom stereocenters. The number of alkyl halides is 1. The second-order valence-corrected chi connectivity index (χ2v) is 6.91. The van der Waals surface area contributed by atoms with Crippen LogP contribution < -0.4 is 0 Å². The van der Waals surface area contributed by atoms with Gasteiger partial charge in [0.15, 0.2) is 0 Å². The molecular weight excluding hydrogens is 233 g/mol. The third kappa shape index (κ3) is 3.65. The van der Waals surface area contributed by atoms with Gasteiger partial charge in [-0.3, -0.25) is 4.90 Å². The van der Waals surface area contributed by atoms with Crippen LogP contribution in [0.1, 0.15) is 40.5 Å². The first-order valence-corrected chi connectivity index (χ1v) is 6.93. The zero-order chi connectivity index (χ0) is 13.4. The second kappa shape index (κ2) is 5.06. The fourth-order valence-electron chi connectivity index (χ4n) is 2.76. The largest absolute Gasteiger partial charge is 0.378 e. The molecular formula is C14H26FNO2. The molecule has 2 aliphatic rings. The Morgan fingerprint density at radius 3 is 2.22 bits per heavy atom. The van der Waals surface area contributed by atoms with E-state index >= 15 is 0 Å². The number of hydrogen-bond acceptors (Lipinski definition) is 3. The Morgan fingerprint density at radius 1 is 1.17 bits per heavy atom. The fraction of sp³-hybridized carbons (Fsp3) is 1.00. The number of hydrogen-bond donors (Lipinski definition) is 0. The molecule has 106 valence electrons. The molecule has 2 fully saturated rings. The van der Waals surface area contributed by atoms with Gasteiger partial charge in [0.25, 0.3) is 0 Å². The van der Waals surface area contributed by atoms with Crippen LogP contribution in [0.2, 0.25) is 0 Å². The van der Waals surface area contributed by atoms with E-state index in [2.05, 4.69) is 4.90 Å². The summed E-state index contributed by atoms with van der Waals surface area (Å²) in [6.45, 7) is 9.66. The van der Waals surface area contributed by atoms with E-state index in [4.69, 9.17) is 9.47 Å². The summed E-state index contributed by atoms with van der Waals surface area (Å²) in [6, 6.07) is 0.821. The molecule has 2 rings (SSSR count). The smallest absolute Gasteiger partial charge is 0.144 e. The van der Waals surface area contributed by atoms with Crippen molar-refractivity contribution in [3.63, 3.8) is 0 Å². The molecule has 2 saturated heterocycles. The maximum atomic E-state index is 14.6. The lowest BCUT2D eigenvalue weighted by molar-refractivity contribution is -0.0877. The lowest BCUT2D eigenvalue weighted by Gasteiger charge is -2.38. The van der Waals surface area contributed by atoms with Crippen molar-refractivity contribution >= 4 is 0 Å². The molecule has 0 spiro atoms. The molecule has 3 nitrogen and oxygen atoms in total. The third-order valence-corrected chi connectivity index (χ3v) is 3.71. The topological polar surface area (TPSA) is 21.7 Å². The van der Waals surface area contributed by atoms with Gasteiger partial charge in [0, 0.05) is 18.6 Å². The Morgan fingerprint density at radius 2 is 1.72 bits per heavy atom. The first-order chi connectivity index (χ1) is 8.27. The van der Waals surface area contributed by atoms with Gasteiger partial charge < -0.3 is 9.47 Å². The highest BCUT2D eigenvalue weighted by molar-refractivity contribution is 4.94. The molecule has 0 aliphatic carbocycles. The fourth-order valence-corrected chi connectivity index (χ4v) is 2.76. The number of fused-ring (bicyclic) bond motifs is 2. The van der Waals surface area contributed by atoms with Crippen molar-refractivity contribution in [2.45, 2.75) is 63.9 Å². The molecule has 2 heterocycles. The van der Waals surface area contributed by atoms with E-state index in [1.165, 1.54) is 0 Å². The van der Waals surface area contributed by atoms with Crippen molar-refractivity contribution < 1.29 is 13.9 Å². The summed E-state index contributed by atoms with van der Waals surface area (Å²) in [5.41, 5.74) is -1.57. The maximum Gasteiger partial charge on any atom is 0.144 e. The monoisotopic (exact) mass is 259 g/mol. The first-order valence-electron chi connectivity index (χ1n) is 6.93. The van der Waals surface area contributed by atoms with Gasteiger partial charge in [-0.2, -0.15) is 0 Å². The predicted octanol–water partition coefficient (Wildman–Crippen LogP) is 2.39. The number of morpholine rings is 1. The van der Waals surface area contributed by atoms with Crippen molar-refractivity contribution in [3.05, 3.63) is 0 Å². The molecule has 0 saturated carbocycles. The quantitative estimate of drug-likeness (QED) is 0.774. The third-order valence-electron chi connectivity index (χ3n) is 3.71. The molecule has 0 aromatic rings. The van der Waals surface area contributed by atoms with E-state index in [-0.39, 0.29) is 12.2 Å². The standard InChI is InChI=1S/C14H26FNO2/c1-13(2,3)18-10-14(4,15)9-16-11-5-6-12(16)8-17-7-11/h11-12H,5-10H2,1-4H3/t11?,12?,14-/m1/s1. The van der Waals surface area contributed by atoms with Gasteiger partial charge >= 0.3 is 0 Å². The van der Waals surface area contributed by atoms with Crippen molar-refractivity contribution in [1.82, 2.24) is 4.90 Å². The van der Waals surface area contributed by atoms with Crippen molar-refractivity contribution in [2.75, 3.05) is 26.4 Å². The van der Waals surface area contributed by atoms with Gasteiger partial charge in [-0.05, 0) is 40.5 Å². The van der Waals surface area contributed by atoms with Crippen LogP contribution in [0.5, 0.6) is 0 Å². The molecule has 0 radical (unpaired) electrons. The van der Waals surface area contributed by atoms with E-state index in [9.17, 15) is 4.39 Å². The number of halogens is 1. The van der Waals surface area contributed by atoms with Gasteiger partial charge in [0.2, 0.25) is 0 Å². The molecule has 0 aromatic heterocycles. The van der Waals surface area contributed by atoms with Crippen molar-refractivity contribution in [1.29, 1.82) is 0 Å². The van der Waals surface area contributed by atoms with E-state index in [1.807, 2.05) is 20.8 Å². The van der Waals surface area contributed by atoms with Crippen molar-refractivity contribution in [2.24, 2.45) is 0 Å². The summed E-state index contributed by atoms with van der Waals surface area (Å²) in [5, 5.41) is 0. The minimum atomic E-state index is -1.29. The number of ether oxygens (including phenoxy) is 2. The molecule has 0 aromatic carbocycles. The Bertz CT molecular complexity index is 272. The van der Waals surface area contributed by atoms with Crippen LogP contribution in [-0.2, 0) is 9.47 Å². The Hall–Kier alpha value is -0.190. The summed E-state index contributed by atoms with van der Waals surface area (Å²) in [6.07, 6.45) is 2.28. The molecule has 0 amide bonds. The van der Waals surface area contributed by atoms with Gasteiger partial charge in [-0.25, -0.2) is 4.39 Å². The summed E-state index contributed by atoms with van der Waals surface area (Å²) >= 11 is 0. The molecule has 2 bridgehead atoms. The molecule has 0 N–H and O–H groups in total. The summed E-state index contributed by atoms with van der Waals surface area (Å²) in [7, 11) is 0. The summed E-state index contributed by atoms with van der Waals surface area (Å²) in [5.74, 6) is 0. The highest BCUT2D eigenvalue weighted by atomic mass is 19.1. The number of nitrogens with zero attached hydrogens (tertiary/aromatic N) is 1. The predicted molar refractivity (Wildman–Crippen MR) is 69.6 cm³/mol. The Balaban J connectivity index is 1.87. The Kier molecular flexibility index (Phi) is 4.00. The van der Waals surface area contributed by atoms with Crippen LogP contribution >= 0.6 is 0 Å². The summed E-state index contributed by atoms with van der Waals surface area (Å²) < 4.78 is 25.7. The van der Waals surface area contributed by atoms with E-state index < -0.39 is 5.67 Å². The zero-order valence-electron chi connectivity index (χ0n) is 12.0. The van der Waals surface area contributed by atoms with Gasteiger partial charge in [0.05, 0.1) is 25.4 Å². The Labute approximate surface area is 110 Å². The molecule has 2 unspecified atom stereocenters. The van der Waals surface area contributed by atoms with Crippen molar-refractivity contribution in [3.8, 4) is 0 Å². The van der Waals surface area contributed by atoms with E-state index in [1.54, 1.807) is 6.92 Å². The van der Waals surface area contributed by atoms with Crippen LogP contribution in [0.25, 0.3) is 0 Å². The lowest BCUT2D eigenvalue weighted by Crippen LogP contribution is -2.52. The highest BCUT2D eigenvalue weighted by Gasteiger charge is 2.41. The average molecular weight is 259 g/mol. The molecule has 4 heteroatoms. The van der Waals surface area contributed by atoms with Crippen LogP contribution in [-0.4, -0.2) is 54.6 Å². The minimum Gasteiger partial charge on any atom is -0.378 e. The minimum absolute atomic E-state index is 0.160. The zero-order valence-corrected chi connectivity index (χ0v) is 12.0. The average Bonchev–Trinajstić information content (AvgIpc) is 2.50. The van der Waals surface area contributed by atoms with E-state index in [0.717, 1.165) is 26.1 Å².